The van der Waals surface area contributed by atoms with Crippen LogP contribution in [0.1, 0.15) is 16.0 Å². The summed E-state index contributed by atoms with van der Waals surface area (Å²) in [7, 11) is 0. The molecule has 0 aliphatic carbocycles. The van der Waals surface area contributed by atoms with Crippen LogP contribution in [0.15, 0.2) is 70.3 Å². The molecule has 148 valence electrons. The third kappa shape index (κ3) is 3.55. The van der Waals surface area contributed by atoms with E-state index in [0.29, 0.717) is 15.9 Å². The minimum atomic E-state index is -0.386. The second kappa shape index (κ2) is 7.99. The smallest absolute Gasteiger partial charge is 0.298 e. The first-order valence-corrected chi connectivity index (χ1v) is 10.1. The van der Waals surface area contributed by atoms with E-state index in [1.807, 2.05) is 24.3 Å². The third-order valence-electron chi connectivity index (χ3n) is 5.24. The molecule has 0 bridgehead atoms. The lowest BCUT2D eigenvalue weighted by Gasteiger charge is -2.26. The van der Waals surface area contributed by atoms with Crippen molar-refractivity contribution in [1.29, 1.82) is 0 Å². The van der Waals surface area contributed by atoms with Gasteiger partial charge in [0.25, 0.3) is 5.56 Å². The Bertz CT molecular complexity index is 1260. The van der Waals surface area contributed by atoms with Crippen LogP contribution in [-0.2, 0) is 19.5 Å². The van der Waals surface area contributed by atoms with Crippen LogP contribution in [0.25, 0.3) is 15.9 Å². The number of aromatic nitrogens is 2. The number of rotatable bonds is 3. The highest BCUT2D eigenvalue weighted by Gasteiger charge is 2.24. The second-order valence-corrected chi connectivity index (χ2v) is 8.17. The van der Waals surface area contributed by atoms with Gasteiger partial charge >= 0.3 is 5.69 Å². The van der Waals surface area contributed by atoms with Gasteiger partial charge in [-0.05, 0) is 29.7 Å². The summed E-state index contributed by atoms with van der Waals surface area (Å²) in [6.07, 6.45) is 0.818. The van der Waals surface area contributed by atoms with Crippen molar-refractivity contribution in [3.63, 3.8) is 0 Å². The molecule has 2 aromatic heterocycles. The SMILES string of the molecule is Cl.O=c1[nH]c2sc3c(c2c(=O)n1-c1ccccc1)CCN(Cc1ccccc1)C3. The molecule has 5 rings (SSSR count). The highest BCUT2D eigenvalue weighted by Crippen LogP contribution is 2.32. The first kappa shape index (κ1) is 19.6. The average molecular weight is 426 g/mol. The van der Waals surface area contributed by atoms with E-state index >= 15 is 0 Å². The van der Waals surface area contributed by atoms with Crippen molar-refractivity contribution in [1.82, 2.24) is 14.5 Å². The molecule has 1 aliphatic rings. The van der Waals surface area contributed by atoms with Gasteiger partial charge in [0.05, 0.1) is 11.1 Å². The number of H-pyrrole nitrogens is 1. The van der Waals surface area contributed by atoms with Gasteiger partial charge in [-0.15, -0.1) is 23.7 Å². The third-order valence-corrected chi connectivity index (χ3v) is 6.37. The highest BCUT2D eigenvalue weighted by molar-refractivity contribution is 7.18. The summed E-state index contributed by atoms with van der Waals surface area (Å²) in [5.74, 6) is 0. The van der Waals surface area contributed by atoms with Crippen molar-refractivity contribution in [2.24, 2.45) is 0 Å². The fourth-order valence-electron chi connectivity index (χ4n) is 3.92. The van der Waals surface area contributed by atoms with Crippen molar-refractivity contribution >= 4 is 34.0 Å². The Labute approximate surface area is 177 Å². The maximum absolute atomic E-state index is 13.2. The normalized spacial score (nSPS) is 13.8. The molecule has 1 N–H and O–H groups in total. The molecule has 0 unspecified atom stereocenters. The lowest BCUT2D eigenvalue weighted by Crippen LogP contribution is -2.34. The van der Waals surface area contributed by atoms with E-state index < -0.39 is 0 Å². The van der Waals surface area contributed by atoms with Crippen LogP contribution in [0.3, 0.4) is 0 Å². The summed E-state index contributed by atoms with van der Waals surface area (Å²) in [5, 5.41) is 0.669. The van der Waals surface area contributed by atoms with Crippen molar-refractivity contribution in [2.75, 3.05) is 6.54 Å². The fraction of sp³-hybridized carbons (Fsp3) is 0.182. The Kier molecular flexibility index (Phi) is 5.41. The molecule has 0 atom stereocenters. The maximum atomic E-state index is 13.2. The number of hydrogen-bond donors (Lipinski definition) is 1. The predicted molar refractivity (Wildman–Crippen MR) is 120 cm³/mol. The van der Waals surface area contributed by atoms with Gasteiger partial charge in [-0.3, -0.25) is 14.7 Å². The van der Waals surface area contributed by atoms with Crippen molar-refractivity contribution in [2.45, 2.75) is 19.5 Å². The zero-order valence-electron chi connectivity index (χ0n) is 15.6. The van der Waals surface area contributed by atoms with E-state index in [1.165, 1.54) is 26.3 Å². The number of aromatic amines is 1. The molecular formula is C22H20ClN3O2S. The Morgan fingerprint density at radius 3 is 2.38 bits per heavy atom. The van der Waals surface area contributed by atoms with Crippen LogP contribution in [0.4, 0.5) is 0 Å². The molecule has 0 fully saturated rings. The van der Waals surface area contributed by atoms with Gasteiger partial charge in [-0.1, -0.05) is 48.5 Å². The minimum Gasteiger partial charge on any atom is -0.298 e. The molecule has 29 heavy (non-hydrogen) atoms. The van der Waals surface area contributed by atoms with Crippen molar-refractivity contribution in [3.8, 4) is 5.69 Å². The standard InChI is InChI=1S/C22H19N3O2S.ClH/c26-21-19-17-11-12-24(13-15-7-3-1-4-8-15)14-18(17)28-20(19)23-22(27)25(21)16-9-5-2-6-10-16;/h1-10H,11-14H2,(H,23,27);1H. The molecule has 0 amide bonds. The quantitative estimate of drug-likeness (QED) is 0.544. The van der Waals surface area contributed by atoms with Crippen LogP contribution < -0.4 is 11.2 Å². The van der Waals surface area contributed by atoms with E-state index in [1.54, 1.807) is 12.1 Å². The summed E-state index contributed by atoms with van der Waals surface area (Å²) in [5.41, 5.74) is 2.36. The number of nitrogens with zero attached hydrogens (tertiary/aromatic N) is 2. The molecule has 1 aliphatic heterocycles. The van der Waals surface area contributed by atoms with Gasteiger partial charge in [0.1, 0.15) is 4.83 Å². The maximum Gasteiger partial charge on any atom is 0.334 e. The first-order chi connectivity index (χ1) is 13.7. The first-order valence-electron chi connectivity index (χ1n) is 9.32. The zero-order chi connectivity index (χ0) is 19.1. The van der Waals surface area contributed by atoms with Gasteiger partial charge in [0.15, 0.2) is 0 Å². The number of hydrogen-bond acceptors (Lipinski definition) is 4. The summed E-state index contributed by atoms with van der Waals surface area (Å²) < 4.78 is 1.24. The number of benzene rings is 2. The Hall–Kier alpha value is -2.67. The van der Waals surface area contributed by atoms with Gasteiger partial charge in [0, 0.05) is 24.5 Å². The molecule has 4 aromatic rings. The number of para-hydroxylation sites is 1. The summed E-state index contributed by atoms with van der Waals surface area (Å²) in [6, 6.07) is 19.5. The molecule has 7 heteroatoms. The number of nitrogens with one attached hydrogen (secondary N) is 1. The van der Waals surface area contributed by atoms with E-state index in [-0.39, 0.29) is 23.7 Å². The molecular weight excluding hydrogens is 406 g/mol. The lowest BCUT2D eigenvalue weighted by molar-refractivity contribution is 0.249. The Morgan fingerprint density at radius 2 is 1.66 bits per heavy atom. The minimum absolute atomic E-state index is 0. The van der Waals surface area contributed by atoms with Gasteiger partial charge in [-0.25, -0.2) is 9.36 Å². The monoisotopic (exact) mass is 425 g/mol. The Balaban J connectivity index is 0.00000205. The van der Waals surface area contributed by atoms with Crippen LogP contribution in [0.2, 0.25) is 0 Å². The average Bonchev–Trinajstić information content (AvgIpc) is 3.07. The van der Waals surface area contributed by atoms with Gasteiger partial charge in [0.2, 0.25) is 0 Å². The van der Waals surface area contributed by atoms with Crippen LogP contribution in [0, 0.1) is 0 Å². The predicted octanol–water partition coefficient (Wildman–Crippen LogP) is 3.72. The van der Waals surface area contributed by atoms with E-state index in [9.17, 15) is 9.59 Å². The lowest BCUT2D eigenvalue weighted by atomic mass is 10.0. The molecule has 5 nitrogen and oxygen atoms in total. The summed E-state index contributed by atoms with van der Waals surface area (Å²) in [6.45, 7) is 2.59. The number of thiophene rings is 1. The highest BCUT2D eigenvalue weighted by atomic mass is 35.5. The molecule has 0 saturated carbocycles. The molecule has 0 spiro atoms. The fourth-order valence-corrected chi connectivity index (χ4v) is 5.19. The summed E-state index contributed by atoms with van der Waals surface area (Å²) >= 11 is 1.54. The van der Waals surface area contributed by atoms with Crippen molar-refractivity contribution < 1.29 is 0 Å². The molecule has 0 saturated heterocycles. The molecule has 3 heterocycles. The van der Waals surface area contributed by atoms with E-state index in [0.717, 1.165) is 31.6 Å². The van der Waals surface area contributed by atoms with E-state index in [2.05, 4.69) is 34.1 Å². The van der Waals surface area contributed by atoms with Crippen molar-refractivity contribution in [3.05, 3.63) is 97.5 Å². The van der Waals surface area contributed by atoms with E-state index in [4.69, 9.17) is 0 Å². The number of halogens is 1. The topological polar surface area (TPSA) is 58.1 Å². The molecule has 2 aromatic carbocycles. The van der Waals surface area contributed by atoms with Crippen LogP contribution in [0.5, 0.6) is 0 Å². The summed E-state index contributed by atoms with van der Waals surface area (Å²) in [4.78, 5) is 32.9. The number of fused-ring (bicyclic) bond motifs is 3. The zero-order valence-corrected chi connectivity index (χ0v) is 17.3. The van der Waals surface area contributed by atoms with Gasteiger partial charge < -0.3 is 0 Å². The Morgan fingerprint density at radius 1 is 0.966 bits per heavy atom. The van der Waals surface area contributed by atoms with Crippen LogP contribution >= 0.6 is 23.7 Å². The van der Waals surface area contributed by atoms with Crippen LogP contribution in [-0.4, -0.2) is 21.0 Å². The van der Waals surface area contributed by atoms with Gasteiger partial charge in [-0.2, -0.15) is 0 Å². The molecule has 0 radical (unpaired) electrons. The largest absolute Gasteiger partial charge is 0.334 e. The second-order valence-electron chi connectivity index (χ2n) is 7.06.